The Hall–Kier alpha value is -3.34. The molecule has 1 unspecified atom stereocenters. The Morgan fingerprint density at radius 2 is 1.77 bits per heavy atom. The fourth-order valence-electron chi connectivity index (χ4n) is 4.39. The lowest BCUT2D eigenvalue weighted by Crippen LogP contribution is -2.31. The van der Waals surface area contributed by atoms with E-state index in [1.54, 1.807) is 42.5 Å². The molecule has 40 heavy (non-hydrogen) atoms. The van der Waals surface area contributed by atoms with Crippen LogP contribution in [0.5, 0.6) is 0 Å². The Balaban J connectivity index is 1.39. The molecule has 7 nitrogen and oxygen atoms in total. The topological polar surface area (TPSA) is 96.5 Å². The van der Waals surface area contributed by atoms with Gasteiger partial charge in [-0.2, -0.15) is 0 Å². The summed E-state index contributed by atoms with van der Waals surface area (Å²) in [6, 6.07) is 19.8. The van der Waals surface area contributed by atoms with E-state index < -0.39 is 23.5 Å². The number of fused-ring (bicyclic) bond motifs is 1. The van der Waals surface area contributed by atoms with Gasteiger partial charge < -0.3 is 9.52 Å². The van der Waals surface area contributed by atoms with Gasteiger partial charge in [-0.3, -0.25) is 14.5 Å². The molecule has 1 aliphatic heterocycles. The van der Waals surface area contributed by atoms with E-state index in [0.717, 1.165) is 16.9 Å². The Bertz CT molecular complexity index is 1800. The molecule has 3 aromatic carbocycles. The Morgan fingerprint density at radius 3 is 2.55 bits per heavy atom. The molecule has 1 amide bonds. The van der Waals surface area contributed by atoms with E-state index in [0.29, 0.717) is 36.7 Å². The van der Waals surface area contributed by atoms with E-state index >= 15 is 0 Å². The molecule has 3 heterocycles. The highest BCUT2D eigenvalue weighted by atomic mass is 35.5. The number of para-hydroxylation sites is 1. The van der Waals surface area contributed by atoms with Gasteiger partial charge in [0.25, 0.3) is 5.91 Å². The second-order valence-corrected chi connectivity index (χ2v) is 12.1. The maximum atomic E-state index is 13.8. The number of benzene rings is 3. The normalized spacial score (nSPS) is 15.4. The van der Waals surface area contributed by atoms with Crippen LogP contribution in [0.15, 0.2) is 92.9 Å². The van der Waals surface area contributed by atoms with Crippen molar-refractivity contribution in [3.05, 3.63) is 116 Å². The molecular weight excluding hydrogens is 613 g/mol. The van der Waals surface area contributed by atoms with E-state index in [2.05, 4.69) is 10.2 Å². The molecule has 0 spiro atoms. The number of aliphatic hydroxyl groups excluding tert-OH is 1. The largest absolute Gasteiger partial charge is 0.503 e. The lowest BCUT2D eigenvalue weighted by Gasteiger charge is -2.24. The monoisotopic (exact) mass is 627 g/mol. The van der Waals surface area contributed by atoms with E-state index in [1.165, 1.54) is 22.7 Å². The summed E-state index contributed by atoms with van der Waals surface area (Å²) in [5.74, 6) is -1.68. The minimum Gasteiger partial charge on any atom is -0.503 e. The predicted molar refractivity (Wildman–Crippen MR) is 158 cm³/mol. The number of nitrogens with zero attached hydrogens (tertiary/aromatic N) is 3. The van der Waals surface area contributed by atoms with Crippen LogP contribution in [0.2, 0.25) is 15.1 Å². The molecule has 0 saturated heterocycles. The molecule has 0 saturated carbocycles. The van der Waals surface area contributed by atoms with Crippen molar-refractivity contribution in [3.63, 3.8) is 0 Å². The van der Waals surface area contributed by atoms with E-state index in [9.17, 15) is 14.7 Å². The van der Waals surface area contributed by atoms with Gasteiger partial charge >= 0.3 is 0 Å². The lowest BCUT2D eigenvalue weighted by atomic mass is 9.95. The number of rotatable bonds is 7. The Kier molecular flexibility index (Phi) is 7.33. The fraction of sp³-hybridized carbons (Fsp3) is 0.0714. The quantitative estimate of drug-likeness (QED) is 0.110. The van der Waals surface area contributed by atoms with Crippen LogP contribution >= 0.6 is 57.9 Å². The van der Waals surface area contributed by atoms with E-state index in [-0.39, 0.29) is 21.5 Å². The van der Waals surface area contributed by atoms with Crippen LogP contribution in [0.4, 0.5) is 5.13 Å². The van der Waals surface area contributed by atoms with Crippen molar-refractivity contribution < 1.29 is 19.1 Å². The summed E-state index contributed by atoms with van der Waals surface area (Å²) in [5, 5.41) is 21.6. The number of hydrogen-bond donors (Lipinski definition) is 1. The molecule has 0 bridgehead atoms. The summed E-state index contributed by atoms with van der Waals surface area (Å²) in [5.41, 5.74) is 1.61. The number of amides is 1. The van der Waals surface area contributed by atoms with Crippen LogP contribution in [-0.4, -0.2) is 27.0 Å². The Morgan fingerprint density at radius 1 is 1.00 bits per heavy atom. The Labute approximate surface area is 251 Å². The molecule has 1 N–H and O–H groups in total. The van der Waals surface area contributed by atoms with Crippen molar-refractivity contribution in [1.29, 1.82) is 0 Å². The molecule has 6 rings (SSSR count). The summed E-state index contributed by atoms with van der Waals surface area (Å²) in [6.07, 6.45) is 0. The summed E-state index contributed by atoms with van der Waals surface area (Å²) in [7, 11) is 0. The van der Waals surface area contributed by atoms with Crippen molar-refractivity contribution in [2.24, 2.45) is 0 Å². The highest BCUT2D eigenvalue weighted by Crippen LogP contribution is 2.46. The van der Waals surface area contributed by atoms with Crippen LogP contribution in [0.25, 0.3) is 11.0 Å². The maximum absolute atomic E-state index is 13.8. The first-order valence-electron chi connectivity index (χ1n) is 11.8. The standard InChI is InChI=1S/C28H16Cl3N3O4S2/c29-16-9-10-17(19(31)12-16)23-22(24(35)21-11-14-5-2-4-8-20(14)38-21)25(36)26(37)34(23)27-32-33-28(40-27)39-13-15-6-1-3-7-18(15)30/h1-12,23,36H,13H2. The predicted octanol–water partition coefficient (Wildman–Crippen LogP) is 8.32. The van der Waals surface area contributed by atoms with Gasteiger partial charge in [-0.25, -0.2) is 0 Å². The molecule has 200 valence electrons. The highest BCUT2D eigenvalue weighted by molar-refractivity contribution is 8.00. The molecule has 0 aliphatic carbocycles. The van der Waals surface area contributed by atoms with E-state index in [4.69, 9.17) is 39.2 Å². The maximum Gasteiger partial charge on any atom is 0.296 e. The molecule has 12 heteroatoms. The lowest BCUT2D eigenvalue weighted by molar-refractivity contribution is -0.117. The summed E-state index contributed by atoms with van der Waals surface area (Å²) >= 11 is 21.5. The van der Waals surface area contributed by atoms with Crippen LogP contribution in [0.3, 0.4) is 0 Å². The van der Waals surface area contributed by atoms with Crippen molar-refractivity contribution in [3.8, 4) is 0 Å². The average Bonchev–Trinajstić information content (AvgIpc) is 3.65. The SMILES string of the molecule is O=C(C1=C(O)C(=O)N(c2nnc(SCc3ccccc3Cl)s2)C1c1ccc(Cl)cc1Cl)c1cc2ccccc2o1. The number of Topliss-reactive ketones (excluding diaryl/α,β-unsaturated/α-hetero) is 1. The molecule has 0 radical (unpaired) electrons. The number of aliphatic hydroxyl groups is 1. The summed E-state index contributed by atoms with van der Waals surface area (Å²) < 4.78 is 6.34. The van der Waals surface area contributed by atoms with Crippen molar-refractivity contribution >= 4 is 85.7 Å². The van der Waals surface area contributed by atoms with Gasteiger partial charge in [-0.15, -0.1) is 10.2 Å². The third-order valence-electron chi connectivity index (χ3n) is 6.27. The van der Waals surface area contributed by atoms with Gasteiger partial charge in [0.05, 0.1) is 11.6 Å². The molecule has 5 aromatic rings. The highest BCUT2D eigenvalue weighted by Gasteiger charge is 2.47. The minimum atomic E-state index is -1.10. The van der Waals surface area contributed by atoms with Gasteiger partial charge in [0.15, 0.2) is 15.9 Å². The zero-order chi connectivity index (χ0) is 28.0. The van der Waals surface area contributed by atoms with Crippen LogP contribution in [-0.2, 0) is 10.5 Å². The van der Waals surface area contributed by atoms with Gasteiger partial charge in [0.1, 0.15) is 5.58 Å². The van der Waals surface area contributed by atoms with E-state index in [1.807, 2.05) is 24.3 Å². The van der Waals surface area contributed by atoms with Crippen molar-refractivity contribution in [2.45, 2.75) is 16.1 Å². The number of halogens is 3. The summed E-state index contributed by atoms with van der Waals surface area (Å²) in [4.78, 5) is 28.5. The number of carbonyl (C=O) groups excluding carboxylic acids is 2. The zero-order valence-corrected chi connectivity index (χ0v) is 24.1. The average molecular weight is 629 g/mol. The third-order valence-corrected chi connectivity index (χ3v) is 9.31. The number of furan rings is 1. The van der Waals surface area contributed by atoms with Crippen LogP contribution in [0.1, 0.15) is 27.7 Å². The number of thioether (sulfide) groups is 1. The number of carbonyl (C=O) groups is 2. The fourth-order valence-corrected chi connectivity index (χ4v) is 7.06. The number of ketones is 1. The van der Waals surface area contributed by atoms with Gasteiger partial charge in [0, 0.05) is 26.2 Å². The third kappa shape index (κ3) is 4.88. The molecule has 2 aromatic heterocycles. The molecule has 1 atom stereocenters. The molecular formula is C28H16Cl3N3O4S2. The van der Waals surface area contributed by atoms with Gasteiger partial charge in [-0.1, -0.05) is 100 Å². The van der Waals surface area contributed by atoms with Crippen molar-refractivity contribution in [1.82, 2.24) is 10.2 Å². The number of hydrogen-bond acceptors (Lipinski definition) is 8. The minimum absolute atomic E-state index is 0.0271. The first-order valence-corrected chi connectivity index (χ1v) is 14.7. The smallest absolute Gasteiger partial charge is 0.296 e. The summed E-state index contributed by atoms with van der Waals surface area (Å²) in [6.45, 7) is 0. The molecule has 1 aliphatic rings. The second-order valence-electron chi connectivity index (χ2n) is 8.71. The number of aromatic nitrogens is 2. The number of anilines is 1. The van der Waals surface area contributed by atoms with Gasteiger partial charge in [-0.05, 0) is 41.5 Å². The van der Waals surface area contributed by atoms with Gasteiger partial charge in [0.2, 0.25) is 10.9 Å². The zero-order valence-electron chi connectivity index (χ0n) is 20.2. The van der Waals surface area contributed by atoms with Crippen LogP contribution < -0.4 is 4.90 Å². The van der Waals surface area contributed by atoms with Crippen LogP contribution in [0, 0.1) is 0 Å². The molecule has 0 fully saturated rings. The second kappa shape index (κ2) is 10.9. The first kappa shape index (κ1) is 26.9. The first-order chi connectivity index (χ1) is 19.3. The van der Waals surface area contributed by atoms with Crippen molar-refractivity contribution in [2.75, 3.05) is 4.90 Å².